The molecule has 44 heavy (non-hydrogen) atoms. The molecule has 0 bridgehead atoms. The van der Waals surface area contributed by atoms with Gasteiger partial charge in [0.2, 0.25) is 0 Å². The van der Waals surface area contributed by atoms with Gasteiger partial charge >= 0.3 is 13.1 Å². The molecule has 1 aromatic carbocycles. The Morgan fingerprint density at radius 1 is 1.07 bits per heavy atom. The molecule has 0 aliphatic carbocycles. The number of piperidine rings is 1. The molecule has 1 aromatic rings. The summed E-state index contributed by atoms with van der Waals surface area (Å²) < 4.78 is 18.9. The number of hydrogen-bond acceptors (Lipinski definition) is 9. The van der Waals surface area contributed by atoms with Gasteiger partial charge in [-0.3, -0.25) is 4.79 Å². The van der Waals surface area contributed by atoms with Crippen LogP contribution in [0.1, 0.15) is 90.5 Å². The lowest BCUT2D eigenvalue weighted by Crippen LogP contribution is -2.49. The van der Waals surface area contributed by atoms with Crippen LogP contribution in [-0.4, -0.2) is 102 Å². The molecule has 1 fully saturated rings. The van der Waals surface area contributed by atoms with Crippen molar-refractivity contribution in [3.63, 3.8) is 0 Å². The third-order valence-corrected chi connectivity index (χ3v) is 9.14. The number of hydrogen-bond donors (Lipinski definition) is 5. The maximum atomic E-state index is 12.0. The van der Waals surface area contributed by atoms with Crippen molar-refractivity contribution in [3.05, 3.63) is 34.9 Å². The van der Waals surface area contributed by atoms with Crippen molar-refractivity contribution in [1.29, 1.82) is 0 Å². The van der Waals surface area contributed by atoms with Crippen molar-refractivity contribution in [3.8, 4) is 0 Å². The molecule has 0 radical (unpaired) electrons. The Kier molecular flexibility index (Phi) is 16.6. The van der Waals surface area contributed by atoms with Gasteiger partial charge in [-0.05, 0) is 103 Å². The van der Waals surface area contributed by atoms with Crippen LogP contribution in [0.2, 0.25) is 11.3 Å². The summed E-state index contributed by atoms with van der Waals surface area (Å²) in [4.78, 5) is 14.3. The molecule has 1 aliphatic rings. The molecular formula is C32H57BClN3O7. The molecule has 1 heterocycles. The molecule has 1 aliphatic heterocycles. The normalized spacial score (nSPS) is 20.7. The molecule has 0 amide bonds. The van der Waals surface area contributed by atoms with Crippen LogP contribution in [0.5, 0.6) is 0 Å². The maximum Gasteiger partial charge on any atom is 0.451 e. The number of carboxylic acids is 1. The molecule has 10 nitrogen and oxygen atoms in total. The van der Waals surface area contributed by atoms with Gasteiger partial charge in [0.25, 0.3) is 0 Å². The van der Waals surface area contributed by atoms with E-state index in [9.17, 15) is 9.90 Å². The number of nitrogens with two attached hydrogens (primary N) is 2. The zero-order valence-electron chi connectivity index (χ0n) is 27.3. The molecular weight excluding hydrogens is 585 g/mol. The molecule has 4 atom stereocenters. The van der Waals surface area contributed by atoms with Crippen molar-refractivity contribution in [2.45, 2.75) is 114 Å². The summed E-state index contributed by atoms with van der Waals surface area (Å²) in [5, 5.41) is 28.6. The molecule has 12 heteroatoms. The minimum absolute atomic E-state index is 0.0796. The van der Waals surface area contributed by atoms with Gasteiger partial charge in [-0.25, -0.2) is 0 Å². The zero-order valence-corrected chi connectivity index (χ0v) is 28.1. The van der Waals surface area contributed by atoms with Crippen LogP contribution in [0.25, 0.3) is 0 Å². The van der Waals surface area contributed by atoms with Gasteiger partial charge in [-0.15, -0.1) is 0 Å². The highest BCUT2D eigenvalue weighted by Crippen LogP contribution is 2.32. The van der Waals surface area contributed by atoms with Crippen LogP contribution >= 0.6 is 11.6 Å². The first kappa shape index (κ1) is 38.9. The first-order valence-electron chi connectivity index (χ1n) is 16.2. The Hall–Kier alpha value is -1.28. The summed E-state index contributed by atoms with van der Waals surface area (Å²) >= 11 is 6.17. The van der Waals surface area contributed by atoms with Gasteiger partial charge in [0.1, 0.15) is 5.54 Å². The average Bonchev–Trinajstić information content (AvgIpc) is 2.97. The predicted octanol–water partition coefficient (Wildman–Crippen LogP) is 4.05. The van der Waals surface area contributed by atoms with Crippen molar-refractivity contribution >= 4 is 24.7 Å². The quantitative estimate of drug-likeness (QED) is 0.0923. The number of likely N-dealkylation sites (tertiary alicyclic amines) is 1. The van der Waals surface area contributed by atoms with Crippen LogP contribution in [-0.2, 0) is 19.0 Å². The summed E-state index contributed by atoms with van der Waals surface area (Å²) in [5.74, 6) is -0.824. The van der Waals surface area contributed by atoms with E-state index in [0.29, 0.717) is 76.6 Å². The van der Waals surface area contributed by atoms with E-state index in [-0.39, 0.29) is 23.9 Å². The summed E-state index contributed by atoms with van der Waals surface area (Å²) in [7, 11) is -1.38. The van der Waals surface area contributed by atoms with Gasteiger partial charge in [-0.1, -0.05) is 43.5 Å². The van der Waals surface area contributed by atoms with E-state index in [1.807, 2.05) is 26.0 Å². The molecule has 252 valence electrons. The Balaban J connectivity index is 1.96. The zero-order chi connectivity index (χ0) is 32.8. The number of aliphatic carboxylic acids is 1. The first-order chi connectivity index (χ1) is 20.7. The maximum absolute atomic E-state index is 12.0. The number of benzene rings is 1. The summed E-state index contributed by atoms with van der Waals surface area (Å²) in [6.07, 6.45) is 5.04. The van der Waals surface area contributed by atoms with Gasteiger partial charge < -0.3 is 45.7 Å². The van der Waals surface area contributed by atoms with E-state index < -0.39 is 24.2 Å². The number of halogens is 1. The highest BCUT2D eigenvalue weighted by Gasteiger charge is 2.35. The van der Waals surface area contributed by atoms with E-state index in [0.717, 1.165) is 25.8 Å². The fourth-order valence-electron chi connectivity index (χ4n) is 5.78. The standard InChI is InChI=1S/C32H57BClN3O7/c1-5-31(4,16-18-35)44-22-21-43-30(2,3)24-42-28-23-37(20-13-27(28)25-9-11-26(34)12-10-25)19-8-15-32(36,29(38)39)14-6-7-17-33(40)41/h9-12,27-28,40-41H,5-8,13-24,35-36H2,1-4H3,(H,38,39). The molecule has 7 N–H and O–H groups in total. The number of unbranched alkanes of at least 4 members (excludes halogenated alkanes) is 1. The average molecular weight is 642 g/mol. The highest BCUT2D eigenvalue weighted by molar-refractivity contribution is 6.40. The number of nitrogens with zero attached hydrogens (tertiary/aromatic N) is 1. The lowest BCUT2D eigenvalue weighted by molar-refractivity contribution is -0.144. The summed E-state index contributed by atoms with van der Waals surface area (Å²) in [6.45, 7) is 12.5. The Morgan fingerprint density at radius 3 is 2.34 bits per heavy atom. The van der Waals surface area contributed by atoms with Crippen molar-refractivity contribution in [1.82, 2.24) is 4.90 Å². The van der Waals surface area contributed by atoms with Crippen molar-refractivity contribution in [2.24, 2.45) is 11.5 Å². The third-order valence-electron chi connectivity index (χ3n) is 8.89. The predicted molar refractivity (Wildman–Crippen MR) is 176 cm³/mol. The van der Waals surface area contributed by atoms with E-state index in [4.69, 9.17) is 47.3 Å². The van der Waals surface area contributed by atoms with Crippen LogP contribution < -0.4 is 11.5 Å². The molecule has 0 saturated carbocycles. The Morgan fingerprint density at radius 2 is 1.73 bits per heavy atom. The third kappa shape index (κ3) is 13.6. The largest absolute Gasteiger partial charge is 0.480 e. The van der Waals surface area contributed by atoms with Crippen LogP contribution in [0.15, 0.2) is 24.3 Å². The highest BCUT2D eigenvalue weighted by atomic mass is 35.5. The van der Waals surface area contributed by atoms with Gasteiger partial charge in [0.05, 0.1) is 37.1 Å². The molecule has 0 aromatic heterocycles. The van der Waals surface area contributed by atoms with E-state index in [1.165, 1.54) is 5.56 Å². The van der Waals surface area contributed by atoms with E-state index in [1.54, 1.807) is 0 Å². The number of carbonyl (C=O) groups is 1. The molecule has 0 spiro atoms. The van der Waals surface area contributed by atoms with Crippen LogP contribution in [0.3, 0.4) is 0 Å². The van der Waals surface area contributed by atoms with Crippen LogP contribution in [0, 0.1) is 0 Å². The SMILES string of the molecule is CCC(C)(CCN)OCCOC(C)(C)COC1CN(CCCC(N)(CCCCB(O)O)C(=O)O)CCC1c1ccc(Cl)cc1. The van der Waals surface area contributed by atoms with Gasteiger partial charge in [0, 0.05) is 17.5 Å². The minimum Gasteiger partial charge on any atom is -0.480 e. The van der Waals surface area contributed by atoms with Gasteiger partial charge in [0.15, 0.2) is 0 Å². The smallest absolute Gasteiger partial charge is 0.451 e. The topological polar surface area (TPSA) is 161 Å². The fourth-order valence-corrected chi connectivity index (χ4v) is 5.91. The number of rotatable bonds is 22. The first-order valence-corrected chi connectivity index (χ1v) is 16.6. The number of ether oxygens (including phenoxy) is 3. The lowest BCUT2D eigenvalue weighted by Gasteiger charge is -2.40. The second-order valence-corrected chi connectivity index (χ2v) is 13.6. The Labute approximate surface area is 269 Å². The number of carboxylic acid groups (broad SMARTS) is 1. The molecule has 1 saturated heterocycles. The summed E-state index contributed by atoms with van der Waals surface area (Å²) in [6, 6.07) is 7.96. The summed E-state index contributed by atoms with van der Waals surface area (Å²) in [5.41, 5.74) is 11.1. The van der Waals surface area contributed by atoms with E-state index >= 15 is 0 Å². The lowest BCUT2D eigenvalue weighted by atomic mass is 9.81. The second kappa shape index (κ2) is 18.8. The second-order valence-electron chi connectivity index (χ2n) is 13.2. The van der Waals surface area contributed by atoms with E-state index in [2.05, 4.69) is 30.9 Å². The molecule has 2 rings (SSSR count). The minimum atomic E-state index is -1.38. The van der Waals surface area contributed by atoms with Crippen LogP contribution in [0.4, 0.5) is 0 Å². The van der Waals surface area contributed by atoms with Crippen molar-refractivity contribution in [2.75, 3.05) is 46.0 Å². The van der Waals surface area contributed by atoms with Gasteiger partial charge in [-0.2, -0.15) is 0 Å². The van der Waals surface area contributed by atoms with Crippen molar-refractivity contribution < 1.29 is 34.2 Å². The Bertz CT molecular complexity index is 974. The molecule has 4 unspecified atom stereocenters. The fraction of sp³-hybridized carbons (Fsp3) is 0.781. The monoisotopic (exact) mass is 641 g/mol.